The summed E-state index contributed by atoms with van der Waals surface area (Å²) < 4.78 is 19.9. The highest BCUT2D eigenvalue weighted by Gasteiger charge is 2.17. The number of para-hydroxylation sites is 1. The lowest BCUT2D eigenvalue weighted by atomic mass is 10.1. The lowest BCUT2D eigenvalue weighted by Crippen LogP contribution is -2.04. The molecule has 0 saturated carbocycles. The van der Waals surface area contributed by atoms with Gasteiger partial charge in [0.05, 0.1) is 47.5 Å². The van der Waals surface area contributed by atoms with E-state index in [4.69, 9.17) is 15.5 Å². The highest BCUT2D eigenvalue weighted by Crippen LogP contribution is 2.31. The van der Waals surface area contributed by atoms with E-state index in [9.17, 15) is 4.39 Å². The van der Waals surface area contributed by atoms with Crippen LogP contribution in [0.4, 0.5) is 10.1 Å². The number of aryl methyl sites for hydroxylation is 1. The molecule has 0 atom stereocenters. The van der Waals surface area contributed by atoms with Crippen LogP contribution in [0.3, 0.4) is 0 Å². The molecule has 0 fully saturated rings. The molecule has 37 heavy (non-hydrogen) atoms. The number of fused-ring (bicyclic) bond motifs is 1. The van der Waals surface area contributed by atoms with Gasteiger partial charge in [-0.1, -0.05) is 24.3 Å². The van der Waals surface area contributed by atoms with Crippen LogP contribution in [0.15, 0.2) is 66.9 Å². The van der Waals surface area contributed by atoms with E-state index in [0.717, 1.165) is 41.0 Å². The van der Waals surface area contributed by atoms with E-state index in [1.165, 1.54) is 6.07 Å². The maximum Gasteiger partial charge on any atom is 0.232 e. The minimum atomic E-state index is -0.316. The summed E-state index contributed by atoms with van der Waals surface area (Å²) in [6, 6.07) is 18.2. The van der Waals surface area contributed by atoms with E-state index in [2.05, 4.69) is 25.3 Å². The van der Waals surface area contributed by atoms with E-state index in [0.29, 0.717) is 48.3 Å². The molecule has 0 spiro atoms. The topological polar surface area (TPSA) is 115 Å². The molecule has 0 aliphatic rings. The van der Waals surface area contributed by atoms with Gasteiger partial charge in [0.2, 0.25) is 5.88 Å². The number of unbranched alkanes of at least 4 members (excludes halogenated alkanes) is 1. The van der Waals surface area contributed by atoms with Gasteiger partial charge in [0.15, 0.2) is 0 Å². The Hall–Kier alpha value is -4.37. The quantitative estimate of drug-likeness (QED) is 0.226. The second-order valence-corrected chi connectivity index (χ2v) is 8.66. The van der Waals surface area contributed by atoms with Crippen molar-refractivity contribution in [2.24, 2.45) is 5.73 Å². The number of nitrogens with zero attached hydrogens (tertiary/aromatic N) is 4. The number of H-pyrrole nitrogens is 1. The van der Waals surface area contributed by atoms with Gasteiger partial charge in [-0.25, -0.2) is 19.3 Å². The van der Waals surface area contributed by atoms with Gasteiger partial charge in [0.25, 0.3) is 0 Å². The summed E-state index contributed by atoms with van der Waals surface area (Å²) in [4.78, 5) is 22.0. The highest BCUT2D eigenvalue weighted by molar-refractivity contribution is 5.85. The molecule has 0 saturated heterocycles. The summed E-state index contributed by atoms with van der Waals surface area (Å²) in [5.74, 6) is 0.811. The molecule has 0 aliphatic carbocycles. The largest absolute Gasteiger partial charge is 0.477 e. The van der Waals surface area contributed by atoms with Crippen molar-refractivity contribution in [3.8, 4) is 28.5 Å². The minimum absolute atomic E-state index is 0.313. The van der Waals surface area contributed by atoms with Crippen molar-refractivity contribution in [3.05, 3.63) is 84.2 Å². The zero-order valence-electron chi connectivity index (χ0n) is 20.5. The minimum Gasteiger partial charge on any atom is -0.477 e. The molecule has 0 amide bonds. The van der Waals surface area contributed by atoms with Crippen LogP contribution in [0.2, 0.25) is 0 Å². The number of hydrogen-bond acceptors (Lipinski definition) is 7. The lowest BCUT2D eigenvalue weighted by Gasteiger charge is -2.07. The van der Waals surface area contributed by atoms with Gasteiger partial charge >= 0.3 is 0 Å². The fourth-order valence-electron chi connectivity index (χ4n) is 4.00. The normalized spacial score (nSPS) is 11.1. The van der Waals surface area contributed by atoms with Crippen molar-refractivity contribution in [1.29, 1.82) is 0 Å². The summed E-state index contributed by atoms with van der Waals surface area (Å²) in [7, 11) is 0. The van der Waals surface area contributed by atoms with E-state index in [1.807, 2.05) is 43.3 Å². The average Bonchev–Trinajstić information content (AvgIpc) is 3.35. The first-order chi connectivity index (χ1) is 18.1. The molecule has 0 unspecified atom stereocenters. The molecule has 3 heterocycles. The van der Waals surface area contributed by atoms with Crippen LogP contribution in [0.1, 0.15) is 24.4 Å². The number of aromatic amines is 1. The molecule has 0 radical (unpaired) electrons. The third-order valence-electron chi connectivity index (χ3n) is 5.86. The molecular formula is C28H28FN7O. The number of aromatic nitrogens is 5. The molecule has 9 heteroatoms. The number of nitrogens with two attached hydrogens (primary N) is 1. The van der Waals surface area contributed by atoms with Gasteiger partial charge in [-0.2, -0.15) is 0 Å². The number of halogens is 1. The van der Waals surface area contributed by atoms with Crippen LogP contribution in [0, 0.1) is 12.7 Å². The average molecular weight is 498 g/mol. The molecule has 188 valence electrons. The smallest absolute Gasteiger partial charge is 0.232 e. The van der Waals surface area contributed by atoms with Crippen LogP contribution in [-0.2, 0) is 6.54 Å². The number of benzene rings is 2. The number of ether oxygens (including phenoxy) is 1. The number of rotatable bonds is 10. The Kier molecular flexibility index (Phi) is 7.32. The molecule has 8 nitrogen and oxygen atoms in total. The van der Waals surface area contributed by atoms with Crippen molar-refractivity contribution in [2.45, 2.75) is 26.3 Å². The predicted octanol–water partition coefficient (Wildman–Crippen LogP) is 5.26. The Morgan fingerprint density at radius 1 is 0.973 bits per heavy atom. The van der Waals surface area contributed by atoms with E-state index < -0.39 is 0 Å². The van der Waals surface area contributed by atoms with Crippen LogP contribution >= 0.6 is 0 Å². The van der Waals surface area contributed by atoms with E-state index in [1.54, 1.807) is 24.4 Å². The van der Waals surface area contributed by atoms with Gasteiger partial charge < -0.3 is 20.8 Å². The van der Waals surface area contributed by atoms with Crippen molar-refractivity contribution in [2.75, 3.05) is 18.5 Å². The van der Waals surface area contributed by atoms with Crippen molar-refractivity contribution in [3.63, 3.8) is 0 Å². The first-order valence-electron chi connectivity index (χ1n) is 12.2. The van der Waals surface area contributed by atoms with Crippen LogP contribution in [-0.4, -0.2) is 38.1 Å². The maximum atomic E-state index is 14.1. The summed E-state index contributed by atoms with van der Waals surface area (Å²) in [6.07, 6.45) is 3.39. The van der Waals surface area contributed by atoms with Crippen LogP contribution in [0.25, 0.3) is 33.7 Å². The first kappa shape index (κ1) is 24.3. The van der Waals surface area contributed by atoms with Crippen molar-refractivity contribution in [1.82, 2.24) is 24.9 Å². The Morgan fingerprint density at radius 2 is 1.86 bits per heavy atom. The summed E-state index contributed by atoms with van der Waals surface area (Å²) in [5.41, 5.74) is 11.4. The predicted molar refractivity (Wildman–Crippen MR) is 143 cm³/mol. The molecule has 2 aromatic carbocycles. The Morgan fingerprint density at radius 3 is 2.70 bits per heavy atom. The Balaban J connectivity index is 1.49. The maximum absolute atomic E-state index is 14.1. The number of hydrogen-bond donors (Lipinski definition) is 3. The fourth-order valence-corrected chi connectivity index (χ4v) is 4.00. The number of pyridine rings is 1. The summed E-state index contributed by atoms with van der Waals surface area (Å²) in [6.45, 7) is 3.43. The Bertz CT molecular complexity index is 1520. The Labute approximate surface area is 214 Å². The number of imidazole rings is 1. The molecule has 3 aromatic heterocycles. The van der Waals surface area contributed by atoms with E-state index >= 15 is 0 Å². The summed E-state index contributed by atoms with van der Waals surface area (Å²) >= 11 is 0. The third kappa shape index (κ3) is 5.73. The number of nitrogens with one attached hydrogen (secondary N) is 2. The van der Waals surface area contributed by atoms with Crippen molar-refractivity contribution >= 4 is 16.7 Å². The zero-order valence-corrected chi connectivity index (χ0v) is 20.5. The third-order valence-corrected chi connectivity index (χ3v) is 5.86. The van der Waals surface area contributed by atoms with Crippen LogP contribution < -0.4 is 15.8 Å². The zero-order chi connectivity index (χ0) is 25.6. The van der Waals surface area contributed by atoms with Crippen molar-refractivity contribution < 1.29 is 9.13 Å². The molecule has 0 aliphatic heterocycles. The van der Waals surface area contributed by atoms with E-state index in [-0.39, 0.29) is 5.82 Å². The van der Waals surface area contributed by atoms with Gasteiger partial charge in [-0.05, 0) is 62.7 Å². The van der Waals surface area contributed by atoms with Gasteiger partial charge in [0.1, 0.15) is 17.3 Å². The summed E-state index contributed by atoms with van der Waals surface area (Å²) in [5, 5.41) is 3.11. The fraction of sp³-hybridized carbons (Fsp3) is 0.214. The van der Waals surface area contributed by atoms with Gasteiger partial charge in [-0.3, -0.25) is 4.98 Å². The molecule has 4 N–H and O–H groups in total. The van der Waals surface area contributed by atoms with Crippen LogP contribution in [0.5, 0.6) is 5.88 Å². The standard InChI is InChI=1S/C28H28FN7O/c1-18-7-6-10-23(33-18)28-27(35-25(36-28)16-31-21-9-3-2-8-20(21)29)19-11-12-22-24(15-19)34-26(17-32-22)37-14-5-4-13-30/h2-3,6-12,15,17,31H,4-5,13-14,16,30H2,1H3,(H,35,36). The molecule has 5 rings (SSSR count). The van der Waals surface area contributed by atoms with Gasteiger partial charge in [0, 0.05) is 11.3 Å². The SMILES string of the molecule is Cc1cccc(-c2nc(CNc3ccccc3F)[nH]c2-c2ccc3ncc(OCCCCN)nc3c2)n1. The second kappa shape index (κ2) is 11.1. The lowest BCUT2D eigenvalue weighted by molar-refractivity contribution is 0.296. The highest BCUT2D eigenvalue weighted by atomic mass is 19.1. The molecular weight excluding hydrogens is 469 g/mol. The van der Waals surface area contributed by atoms with Gasteiger partial charge in [-0.15, -0.1) is 0 Å². The molecule has 0 bridgehead atoms. The second-order valence-electron chi connectivity index (χ2n) is 8.66. The monoisotopic (exact) mass is 497 g/mol. The first-order valence-corrected chi connectivity index (χ1v) is 12.2. The number of anilines is 1. The molecule has 5 aromatic rings.